The second-order valence-electron chi connectivity index (χ2n) is 7.62. The number of carbonyl (C=O) groups is 1. The largest absolute Gasteiger partial charge is 0.354 e. The van der Waals surface area contributed by atoms with E-state index < -0.39 is 0 Å². The van der Waals surface area contributed by atoms with E-state index in [-0.39, 0.29) is 11.3 Å². The van der Waals surface area contributed by atoms with Gasteiger partial charge in [0.25, 0.3) is 5.91 Å². The lowest BCUT2D eigenvalue weighted by atomic mass is 9.86. The van der Waals surface area contributed by atoms with Crippen molar-refractivity contribution < 1.29 is 4.79 Å². The molecule has 0 atom stereocenters. The van der Waals surface area contributed by atoms with Crippen LogP contribution in [0.4, 0.5) is 11.6 Å². The second-order valence-corrected chi connectivity index (χ2v) is 7.62. The minimum atomic E-state index is -0.231. The SMILES string of the molecule is CC(C)CCNc1nccc(C(=O)Nc2ccccc2C(C)(C)C)n1. The Hall–Kier alpha value is -2.43. The maximum atomic E-state index is 12.6. The third-order valence-corrected chi connectivity index (χ3v) is 3.88. The zero-order valence-electron chi connectivity index (χ0n) is 15.8. The summed E-state index contributed by atoms with van der Waals surface area (Å²) in [4.78, 5) is 21.1. The number of carbonyl (C=O) groups excluding carboxylic acids is 1. The molecule has 0 aliphatic heterocycles. The van der Waals surface area contributed by atoms with E-state index in [1.165, 1.54) is 0 Å². The van der Waals surface area contributed by atoms with E-state index in [4.69, 9.17) is 0 Å². The number of rotatable bonds is 6. The molecule has 0 aliphatic carbocycles. The predicted molar refractivity (Wildman–Crippen MR) is 103 cm³/mol. The van der Waals surface area contributed by atoms with Gasteiger partial charge in [-0.15, -0.1) is 0 Å². The molecule has 5 heteroatoms. The number of para-hydroxylation sites is 1. The topological polar surface area (TPSA) is 66.9 Å². The fourth-order valence-electron chi connectivity index (χ4n) is 2.48. The molecule has 134 valence electrons. The summed E-state index contributed by atoms with van der Waals surface area (Å²) in [5.41, 5.74) is 2.20. The van der Waals surface area contributed by atoms with Crippen LogP contribution in [0.25, 0.3) is 0 Å². The molecule has 5 nitrogen and oxygen atoms in total. The van der Waals surface area contributed by atoms with Gasteiger partial charge in [0.15, 0.2) is 0 Å². The molecule has 25 heavy (non-hydrogen) atoms. The van der Waals surface area contributed by atoms with Gasteiger partial charge in [0, 0.05) is 18.4 Å². The number of hydrogen-bond donors (Lipinski definition) is 2. The van der Waals surface area contributed by atoms with E-state index in [0.29, 0.717) is 17.6 Å². The molecule has 2 aromatic rings. The minimum Gasteiger partial charge on any atom is -0.354 e. The Morgan fingerprint density at radius 1 is 1.16 bits per heavy atom. The van der Waals surface area contributed by atoms with Crippen molar-refractivity contribution >= 4 is 17.5 Å². The molecule has 2 rings (SSSR count). The van der Waals surface area contributed by atoms with Gasteiger partial charge < -0.3 is 10.6 Å². The van der Waals surface area contributed by atoms with Crippen molar-refractivity contribution in [1.29, 1.82) is 0 Å². The number of nitrogens with zero attached hydrogens (tertiary/aromatic N) is 2. The first-order chi connectivity index (χ1) is 11.8. The van der Waals surface area contributed by atoms with Crippen molar-refractivity contribution in [2.75, 3.05) is 17.2 Å². The molecular weight excluding hydrogens is 312 g/mol. The number of nitrogens with one attached hydrogen (secondary N) is 2. The molecule has 1 aromatic carbocycles. The lowest BCUT2D eigenvalue weighted by molar-refractivity contribution is 0.102. The number of amides is 1. The van der Waals surface area contributed by atoms with Crippen molar-refractivity contribution in [2.24, 2.45) is 5.92 Å². The van der Waals surface area contributed by atoms with E-state index in [2.05, 4.69) is 55.2 Å². The summed E-state index contributed by atoms with van der Waals surface area (Å²) in [5.74, 6) is 0.858. The molecule has 1 aromatic heterocycles. The van der Waals surface area contributed by atoms with Gasteiger partial charge in [-0.05, 0) is 35.4 Å². The maximum absolute atomic E-state index is 12.6. The monoisotopic (exact) mass is 340 g/mol. The van der Waals surface area contributed by atoms with Gasteiger partial charge in [0.05, 0.1) is 0 Å². The van der Waals surface area contributed by atoms with Crippen molar-refractivity contribution in [3.05, 3.63) is 47.8 Å². The van der Waals surface area contributed by atoms with E-state index in [0.717, 1.165) is 24.2 Å². The summed E-state index contributed by atoms with van der Waals surface area (Å²) in [7, 11) is 0. The zero-order valence-corrected chi connectivity index (χ0v) is 15.8. The molecule has 0 spiro atoms. The lowest BCUT2D eigenvalue weighted by Crippen LogP contribution is -2.20. The molecule has 0 aliphatic rings. The van der Waals surface area contributed by atoms with Crippen molar-refractivity contribution in [3.63, 3.8) is 0 Å². The number of aromatic nitrogens is 2. The average Bonchev–Trinajstić information content (AvgIpc) is 2.54. The summed E-state index contributed by atoms with van der Waals surface area (Å²) in [6.45, 7) is 11.5. The first-order valence-corrected chi connectivity index (χ1v) is 8.75. The smallest absolute Gasteiger partial charge is 0.274 e. The Morgan fingerprint density at radius 3 is 2.56 bits per heavy atom. The molecule has 0 fully saturated rings. The van der Waals surface area contributed by atoms with Gasteiger partial charge in [0.2, 0.25) is 5.95 Å². The average molecular weight is 340 g/mol. The molecule has 1 amide bonds. The summed E-state index contributed by atoms with van der Waals surface area (Å²) in [6.07, 6.45) is 2.63. The highest BCUT2D eigenvalue weighted by Crippen LogP contribution is 2.29. The highest BCUT2D eigenvalue weighted by molar-refractivity contribution is 6.03. The van der Waals surface area contributed by atoms with E-state index >= 15 is 0 Å². The highest BCUT2D eigenvalue weighted by atomic mass is 16.1. The molecule has 0 saturated heterocycles. The Labute approximate surface area is 150 Å². The summed E-state index contributed by atoms with van der Waals surface area (Å²) < 4.78 is 0. The van der Waals surface area contributed by atoms with Crippen LogP contribution in [-0.2, 0) is 5.41 Å². The van der Waals surface area contributed by atoms with Gasteiger partial charge in [-0.1, -0.05) is 52.8 Å². The van der Waals surface area contributed by atoms with Gasteiger partial charge in [0.1, 0.15) is 5.69 Å². The Kier molecular flexibility index (Phi) is 6.12. The standard InChI is InChI=1S/C20H28N4O/c1-14(2)10-12-21-19-22-13-11-17(24-19)18(25)23-16-9-7-6-8-15(16)20(3,4)5/h6-9,11,13-14H,10,12H2,1-5H3,(H,23,25)(H,21,22,24). The Bertz CT molecular complexity index is 720. The van der Waals surface area contributed by atoms with Crippen LogP contribution in [0.2, 0.25) is 0 Å². The van der Waals surface area contributed by atoms with Crippen molar-refractivity contribution in [3.8, 4) is 0 Å². The predicted octanol–water partition coefficient (Wildman–Crippen LogP) is 4.48. The van der Waals surface area contributed by atoms with Crippen LogP contribution in [0.1, 0.15) is 57.1 Å². The minimum absolute atomic E-state index is 0.0564. The van der Waals surface area contributed by atoms with E-state index in [1.54, 1.807) is 12.3 Å². The van der Waals surface area contributed by atoms with E-state index in [1.807, 2.05) is 24.3 Å². The molecule has 0 bridgehead atoms. The third-order valence-electron chi connectivity index (χ3n) is 3.88. The normalized spacial score (nSPS) is 11.4. The quantitative estimate of drug-likeness (QED) is 0.813. The second kappa shape index (κ2) is 8.10. The summed E-state index contributed by atoms with van der Waals surface area (Å²) >= 11 is 0. The third kappa shape index (κ3) is 5.55. The first kappa shape index (κ1) is 18.9. The number of benzene rings is 1. The zero-order chi connectivity index (χ0) is 18.4. The fourth-order valence-corrected chi connectivity index (χ4v) is 2.48. The van der Waals surface area contributed by atoms with Crippen LogP contribution in [0.15, 0.2) is 36.5 Å². The van der Waals surface area contributed by atoms with Gasteiger partial charge >= 0.3 is 0 Å². The van der Waals surface area contributed by atoms with Crippen molar-refractivity contribution in [1.82, 2.24) is 9.97 Å². The lowest BCUT2D eigenvalue weighted by Gasteiger charge is -2.22. The van der Waals surface area contributed by atoms with Gasteiger partial charge in [-0.25, -0.2) is 9.97 Å². The number of hydrogen-bond acceptors (Lipinski definition) is 4. The van der Waals surface area contributed by atoms with Crippen LogP contribution >= 0.6 is 0 Å². The first-order valence-electron chi connectivity index (χ1n) is 8.75. The molecule has 0 saturated carbocycles. The summed E-state index contributed by atoms with van der Waals surface area (Å²) in [5, 5.41) is 6.15. The van der Waals surface area contributed by atoms with Crippen molar-refractivity contribution in [2.45, 2.75) is 46.5 Å². The maximum Gasteiger partial charge on any atom is 0.274 e. The van der Waals surface area contributed by atoms with Gasteiger partial charge in [-0.2, -0.15) is 0 Å². The van der Waals surface area contributed by atoms with E-state index in [9.17, 15) is 4.79 Å². The van der Waals surface area contributed by atoms with Crippen LogP contribution < -0.4 is 10.6 Å². The fraction of sp³-hybridized carbons (Fsp3) is 0.450. The van der Waals surface area contributed by atoms with Crippen LogP contribution in [0, 0.1) is 5.92 Å². The van der Waals surface area contributed by atoms with Crippen LogP contribution in [0.3, 0.4) is 0 Å². The molecule has 1 heterocycles. The molecule has 0 radical (unpaired) electrons. The highest BCUT2D eigenvalue weighted by Gasteiger charge is 2.19. The Balaban J connectivity index is 2.12. The van der Waals surface area contributed by atoms with Crippen LogP contribution in [-0.4, -0.2) is 22.4 Å². The van der Waals surface area contributed by atoms with Crippen LogP contribution in [0.5, 0.6) is 0 Å². The number of anilines is 2. The molecule has 0 unspecified atom stereocenters. The summed E-state index contributed by atoms with van der Waals surface area (Å²) in [6, 6.07) is 9.49. The molecule has 2 N–H and O–H groups in total. The molecular formula is C20H28N4O. The van der Waals surface area contributed by atoms with Gasteiger partial charge in [-0.3, -0.25) is 4.79 Å². The Morgan fingerprint density at radius 2 is 1.88 bits per heavy atom.